The van der Waals surface area contributed by atoms with Crippen molar-refractivity contribution in [3.8, 4) is 0 Å². The van der Waals surface area contributed by atoms with Crippen LogP contribution in [0.3, 0.4) is 0 Å². The van der Waals surface area contributed by atoms with Crippen LogP contribution in [0.1, 0.15) is 10.4 Å². The molecule has 1 aliphatic heterocycles. The molecular weight excluding hydrogens is 413 g/mol. The van der Waals surface area contributed by atoms with Crippen LogP contribution < -0.4 is 9.62 Å². The highest BCUT2D eigenvalue weighted by molar-refractivity contribution is 7.92. The third kappa shape index (κ3) is 5.55. The van der Waals surface area contributed by atoms with Gasteiger partial charge in [-0.25, -0.2) is 12.8 Å². The zero-order valence-electron chi connectivity index (χ0n) is 16.4. The van der Waals surface area contributed by atoms with Gasteiger partial charge < -0.3 is 15.0 Å². The van der Waals surface area contributed by atoms with Crippen molar-refractivity contribution in [3.63, 3.8) is 0 Å². The highest BCUT2D eigenvalue weighted by Gasteiger charge is 2.23. The Morgan fingerprint density at radius 1 is 1.13 bits per heavy atom. The summed E-state index contributed by atoms with van der Waals surface area (Å²) < 4.78 is 43.9. The molecule has 1 saturated heterocycles. The Labute approximate surface area is 174 Å². The Bertz CT molecular complexity index is 1020. The number of amides is 2. The second-order valence-electron chi connectivity index (χ2n) is 6.78. The van der Waals surface area contributed by atoms with Crippen LogP contribution >= 0.6 is 0 Å². The zero-order chi connectivity index (χ0) is 21.7. The van der Waals surface area contributed by atoms with Crippen LogP contribution in [0.2, 0.25) is 0 Å². The van der Waals surface area contributed by atoms with E-state index in [1.807, 2.05) is 0 Å². The largest absolute Gasteiger partial charge is 0.378 e. The number of halogens is 1. The molecular formula is C20H22FN3O5S. The van der Waals surface area contributed by atoms with E-state index in [2.05, 4.69) is 5.32 Å². The van der Waals surface area contributed by atoms with Crippen molar-refractivity contribution in [2.24, 2.45) is 0 Å². The van der Waals surface area contributed by atoms with Gasteiger partial charge in [-0.2, -0.15) is 0 Å². The van der Waals surface area contributed by atoms with Crippen LogP contribution in [-0.4, -0.2) is 64.2 Å². The van der Waals surface area contributed by atoms with E-state index < -0.39 is 28.3 Å². The van der Waals surface area contributed by atoms with Gasteiger partial charge in [-0.15, -0.1) is 0 Å². The zero-order valence-corrected chi connectivity index (χ0v) is 17.2. The molecule has 8 nitrogen and oxygen atoms in total. The van der Waals surface area contributed by atoms with Gasteiger partial charge in [-0.3, -0.25) is 13.9 Å². The molecule has 0 spiro atoms. The summed E-state index contributed by atoms with van der Waals surface area (Å²) in [4.78, 5) is 26.5. The van der Waals surface area contributed by atoms with Crippen molar-refractivity contribution >= 4 is 33.2 Å². The normalized spacial score (nSPS) is 14.3. The van der Waals surface area contributed by atoms with Crippen LogP contribution in [0.5, 0.6) is 0 Å². The van der Waals surface area contributed by atoms with Gasteiger partial charge in [0.2, 0.25) is 15.9 Å². The lowest BCUT2D eigenvalue weighted by atomic mass is 10.1. The second-order valence-corrected chi connectivity index (χ2v) is 8.69. The summed E-state index contributed by atoms with van der Waals surface area (Å²) in [6.45, 7) is 1.46. The maximum absolute atomic E-state index is 13.3. The quantitative estimate of drug-likeness (QED) is 0.745. The van der Waals surface area contributed by atoms with Gasteiger partial charge in [0.25, 0.3) is 5.91 Å². The number of hydrogen-bond donors (Lipinski definition) is 1. The van der Waals surface area contributed by atoms with E-state index in [0.29, 0.717) is 31.9 Å². The molecule has 160 valence electrons. The van der Waals surface area contributed by atoms with E-state index in [9.17, 15) is 22.4 Å². The predicted octanol–water partition coefficient (Wildman–Crippen LogP) is 1.70. The SMILES string of the molecule is CS(=O)(=O)N(CC(=O)Nc1cccc(F)c1)c1ccc(C(=O)N2CCOCC2)cc1. The van der Waals surface area contributed by atoms with Crippen molar-refractivity contribution in [2.75, 3.05) is 48.7 Å². The third-order valence-electron chi connectivity index (χ3n) is 4.50. The summed E-state index contributed by atoms with van der Waals surface area (Å²) in [5, 5.41) is 2.47. The molecule has 30 heavy (non-hydrogen) atoms. The fraction of sp³-hybridized carbons (Fsp3) is 0.300. The van der Waals surface area contributed by atoms with E-state index in [1.54, 1.807) is 4.90 Å². The number of carbonyl (C=O) groups is 2. The van der Waals surface area contributed by atoms with E-state index in [1.165, 1.54) is 42.5 Å². The molecule has 3 rings (SSSR count). The lowest BCUT2D eigenvalue weighted by molar-refractivity contribution is -0.114. The molecule has 1 N–H and O–H groups in total. The van der Waals surface area contributed by atoms with Crippen molar-refractivity contribution in [1.29, 1.82) is 0 Å². The van der Waals surface area contributed by atoms with E-state index >= 15 is 0 Å². The van der Waals surface area contributed by atoms with Gasteiger partial charge in [0.1, 0.15) is 12.4 Å². The Morgan fingerprint density at radius 3 is 2.40 bits per heavy atom. The molecule has 0 bridgehead atoms. The van der Waals surface area contributed by atoms with Crippen molar-refractivity contribution < 1.29 is 27.1 Å². The summed E-state index contributed by atoms with van der Waals surface area (Å²) in [5.41, 5.74) is 0.878. The van der Waals surface area contributed by atoms with Crippen molar-refractivity contribution in [3.05, 3.63) is 59.9 Å². The number of anilines is 2. The number of benzene rings is 2. The minimum Gasteiger partial charge on any atom is -0.378 e. The average molecular weight is 435 g/mol. The summed E-state index contributed by atoms with van der Waals surface area (Å²) in [7, 11) is -3.78. The van der Waals surface area contributed by atoms with Crippen molar-refractivity contribution in [2.45, 2.75) is 0 Å². The molecule has 0 saturated carbocycles. The number of ether oxygens (including phenoxy) is 1. The minimum atomic E-state index is -3.78. The molecule has 2 aromatic carbocycles. The highest BCUT2D eigenvalue weighted by atomic mass is 32.2. The van der Waals surface area contributed by atoms with Crippen molar-refractivity contribution in [1.82, 2.24) is 4.90 Å². The molecule has 2 amide bonds. The fourth-order valence-electron chi connectivity index (χ4n) is 3.02. The number of hydrogen-bond acceptors (Lipinski definition) is 5. The number of nitrogens with one attached hydrogen (secondary N) is 1. The molecule has 0 aromatic heterocycles. The molecule has 0 aliphatic carbocycles. The van der Waals surface area contributed by atoms with Gasteiger partial charge in [0.05, 0.1) is 25.2 Å². The molecule has 0 radical (unpaired) electrons. The first-order valence-electron chi connectivity index (χ1n) is 9.24. The van der Waals surface area contributed by atoms with Gasteiger partial charge >= 0.3 is 0 Å². The number of carbonyl (C=O) groups excluding carboxylic acids is 2. The lowest BCUT2D eigenvalue weighted by Crippen LogP contribution is -2.40. The Kier molecular flexibility index (Phi) is 6.68. The molecule has 1 fully saturated rings. The monoisotopic (exact) mass is 435 g/mol. The van der Waals surface area contributed by atoms with Gasteiger partial charge in [0, 0.05) is 24.3 Å². The van der Waals surface area contributed by atoms with Crippen LogP contribution in [0.4, 0.5) is 15.8 Å². The maximum Gasteiger partial charge on any atom is 0.254 e. The standard InChI is InChI=1S/C20H22FN3O5S/c1-30(27,28)24(14-19(25)22-17-4-2-3-16(21)13-17)18-7-5-15(6-8-18)20(26)23-9-11-29-12-10-23/h2-8,13H,9-12,14H2,1H3,(H,22,25). The number of nitrogens with zero attached hydrogens (tertiary/aromatic N) is 2. The van der Waals surface area contributed by atoms with E-state index in [-0.39, 0.29) is 17.3 Å². The summed E-state index contributed by atoms with van der Waals surface area (Å²) in [6.07, 6.45) is 0.981. The number of morpholine rings is 1. The van der Waals surface area contributed by atoms with Gasteiger partial charge in [-0.1, -0.05) is 6.07 Å². The summed E-state index contributed by atoms with van der Waals surface area (Å²) in [6, 6.07) is 11.3. The molecule has 1 heterocycles. The highest BCUT2D eigenvalue weighted by Crippen LogP contribution is 2.20. The second kappa shape index (κ2) is 9.23. The Balaban J connectivity index is 1.73. The van der Waals surface area contributed by atoms with Gasteiger partial charge in [-0.05, 0) is 42.5 Å². The van der Waals surface area contributed by atoms with E-state index in [4.69, 9.17) is 4.74 Å². The maximum atomic E-state index is 13.3. The lowest BCUT2D eigenvalue weighted by Gasteiger charge is -2.27. The first-order chi connectivity index (χ1) is 14.2. The minimum absolute atomic E-state index is 0.167. The molecule has 1 aliphatic rings. The van der Waals surface area contributed by atoms with E-state index in [0.717, 1.165) is 16.6 Å². The first-order valence-corrected chi connectivity index (χ1v) is 11.1. The topological polar surface area (TPSA) is 96.0 Å². The summed E-state index contributed by atoms with van der Waals surface area (Å²) in [5.74, 6) is -1.31. The van der Waals surface area contributed by atoms with Crippen LogP contribution in [-0.2, 0) is 19.6 Å². The molecule has 0 unspecified atom stereocenters. The Morgan fingerprint density at radius 2 is 1.80 bits per heavy atom. The average Bonchev–Trinajstić information content (AvgIpc) is 2.71. The van der Waals surface area contributed by atoms with Crippen LogP contribution in [0.25, 0.3) is 0 Å². The third-order valence-corrected chi connectivity index (χ3v) is 5.64. The number of rotatable bonds is 6. The Hall–Kier alpha value is -2.98. The molecule has 10 heteroatoms. The predicted molar refractivity (Wildman–Crippen MR) is 110 cm³/mol. The number of sulfonamides is 1. The smallest absolute Gasteiger partial charge is 0.254 e. The molecule has 0 atom stereocenters. The first kappa shape index (κ1) is 21.7. The summed E-state index contributed by atoms with van der Waals surface area (Å²) >= 11 is 0. The van der Waals surface area contributed by atoms with Crippen LogP contribution in [0, 0.1) is 5.82 Å². The van der Waals surface area contributed by atoms with Crippen LogP contribution in [0.15, 0.2) is 48.5 Å². The fourth-order valence-corrected chi connectivity index (χ4v) is 3.87. The molecule has 2 aromatic rings. The van der Waals surface area contributed by atoms with Gasteiger partial charge in [0.15, 0.2) is 0 Å².